The van der Waals surface area contributed by atoms with E-state index in [4.69, 9.17) is 4.74 Å². The van der Waals surface area contributed by atoms with E-state index in [-0.39, 0.29) is 11.8 Å². The third-order valence-corrected chi connectivity index (χ3v) is 5.84. The van der Waals surface area contributed by atoms with Gasteiger partial charge in [-0.3, -0.25) is 9.69 Å². The fourth-order valence-electron chi connectivity index (χ4n) is 3.84. The summed E-state index contributed by atoms with van der Waals surface area (Å²) < 4.78 is 7.78. The van der Waals surface area contributed by atoms with Crippen molar-refractivity contribution in [1.82, 2.24) is 25.0 Å². The van der Waals surface area contributed by atoms with Crippen molar-refractivity contribution >= 4 is 5.91 Å². The van der Waals surface area contributed by atoms with Crippen molar-refractivity contribution in [2.45, 2.75) is 52.7 Å². The molecule has 1 atom stereocenters. The summed E-state index contributed by atoms with van der Waals surface area (Å²) in [5, 5.41) is 11.7. The third kappa shape index (κ3) is 4.04. The number of carbonyl (C=O) groups excluding carboxylic acids is 1. The van der Waals surface area contributed by atoms with E-state index in [9.17, 15) is 4.79 Å². The molecule has 2 aromatic rings. The van der Waals surface area contributed by atoms with Crippen molar-refractivity contribution in [1.29, 1.82) is 0 Å². The highest BCUT2D eigenvalue weighted by molar-refractivity contribution is 5.78. The molecule has 2 aliphatic heterocycles. The second-order valence-corrected chi connectivity index (χ2v) is 7.78. The molecule has 0 aliphatic carbocycles. The summed E-state index contributed by atoms with van der Waals surface area (Å²) >= 11 is 0. The molecule has 2 aliphatic rings. The van der Waals surface area contributed by atoms with E-state index in [0.29, 0.717) is 6.54 Å². The summed E-state index contributed by atoms with van der Waals surface area (Å²) in [6.45, 7) is 8.92. The minimum atomic E-state index is 0.0275. The minimum absolute atomic E-state index is 0.0275. The number of nitrogens with zero attached hydrogens (tertiary/aromatic N) is 4. The molecule has 0 bridgehead atoms. The zero-order valence-corrected chi connectivity index (χ0v) is 16.8. The lowest BCUT2D eigenvalue weighted by molar-refractivity contribution is -0.124. The lowest BCUT2D eigenvalue weighted by atomic mass is 10.1. The fraction of sp³-hybridized carbons (Fsp3) is 0.571. The molecule has 150 valence electrons. The van der Waals surface area contributed by atoms with Gasteiger partial charge in [0.1, 0.15) is 11.6 Å². The van der Waals surface area contributed by atoms with Gasteiger partial charge in [0.05, 0.1) is 13.2 Å². The molecule has 28 heavy (non-hydrogen) atoms. The van der Waals surface area contributed by atoms with Crippen LogP contribution in [0.5, 0.6) is 5.75 Å². The van der Waals surface area contributed by atoms with Gasteiger partial charge in [-0.1, -0.05) is 26.0 Å². The number of rotatable bonds is 6. The molecule has 0 saturated heterocycles. The van der Waals surface area contributed by atoms with Gasteiger partial charge in [0, 0.05) is 44.9 Å². The highest BCUT2D eigenvalue weighted by Gasteiger charge is 2.20. The summed E-state index contributed by atoms with van der Waals surface area (Å²) in [5.41, 5.74) is 2.66. The van der Waals surface area contributed by atoms with Crippen molar-refractivity contribution < 1.29 is 9.53 Å². The number of carbonyl (C=O) groups is 1. The van der Waals surface area contributed by atoms with Crippen LogP contribution in [-0.4, -0.2) is 45.3 Å². The van der Waals surface area contributed by atoms with E-state index in [1.54, 1.807) is 0 Å². The Balaban J connectivity index is 1.36. The number of ether oxygens (including phenoxy) is 1. The highest BCUT2D eigenvalue weighted by Crippen LogP contribution is 2.26. The minimum Gasteiger partial charge on any atom is -0.493 e. The second kappa shape index (κ2) is 8.31. The average molecular weight is 383 g/mol. The average Bonchev–Trinajstić information content (AvgIpc) is 3.28. The number of hydrogen-bond donors (Lipinski definition) is 1. The lowest BCUT2D eigenvalue weighted by Crippen LogP contribution is -2.30. The second-order valence-electron chi connectivity index (χ2n) is 7.78. The van der Waals surface area contributed by atoms with E-state index in [0.717, 1.165) is 69.4 Å². The van der Waals surface area contributed by atoms with Gasteiger partial charge in [0.15, 0.2) is 5.82 Å². The van der Waals surface area contributed by atoms with Crippen molar-refractivity contribution in [2.24, 2.45) is 5.92 Å². The van der Waals surface area contributed by atoms with E-state index in [1.165, 1.54) is 11.1 Å². The Bertz CT molecular complexity index is 847. The maximum Gasteiger partial charge on any atom is 0.223 e. The smallest absolute Gasteiger partial charge is 0.223 e. The van der Waals surface area contributed by atoms with Crippen LogP contribution in [0.3, 0.4) is 0 Å². The van der Waals surface area contributed by atoms with Crippen molar-refractivity contribution in [3.63, 3.8) is 0 Å². The van der Waals surface area contributed by atoms with E-state index >= 15 is 0 Å². The number of aromatic nitrogens is 3. The molecule has 0 spiro atoms. The molecule has 0 unspecified atom stereocenters. The maximum atomic E-state index is 12.1. The van der Waals surface area contributed by atoms with Gasteiger partial charge in [-0.05, 0) is 23.6 Å². The summed E-state index contributed by atoms with van der Waals surface area (Å²) in [6.07, 6.45) is 2.73. The first-order valence-corrected chi connectivity index (χ1v) is 10.3. The third-order valence-electron chi connectivity index (χ3n) is 5.84. The largest absolute Gasteiger partial charge is 0.493 e. The molecule has 7 heteroatoms. The SMILES string of the molecule is CC[C@@H](C)C(=O)NCc1nnc2n1CCN(Cc1ccc3c(c1)CCO3)CC2. The van der Waals surface area contributed by atoms with Crippen LogP contribution in [0.1, 0.15) is 43.0 Å². The van der Waals surface area contributed by atoms with E-state index in [1.807, 2.05) is 13.8 Å². The zero-order valence-electron chi connectivity index (χ0n) is 16.8. The Morgan fingerprint density at radius 1 is 1.25 bits per heavy atom. The van der Waals surface area contributed by atoms with Crippen LogP contribution in [0.4, 0.5) is 0 Å². The number of hydrogen-bond acceptors (Lipinski definition) is 5. The van der Waals surface area contributed by atoms with Crippen LogP contribution in [0.25, 0.3) is 0 Å². The fourth-order valence-corrected chi connectivity index (χ4v) is 3.84. The standard InChI is InChI=1S/C21H29N5O2/c1-3-15(2)21(27)22-13-20-24-23-19-6-8-25(9-10-26(19)20)14-16-4-5-18-17(12-16)7-11-28-18/h4-5,12,15H,3,6-11,13-14H2,1-2H3,(H,22,27)/t15-/m1/s1. The van der Waals surface area contributed by atoms with Gasteiger partial charge >= 0.3 is 0 Å². The first-order chi connectivity index (χ1) is 13.6. The molecule has 1 amide bonds. The molecule has 4 rings (SSSR count). The Morgan fingerprint density at radius 3 is 3.00 bits per heavy atom. The van der Waals surface area contributed by atoms with Crippen molar-refractivity contribution in [3.05, 3.63) is 41.0 Å². The summed E-state index contributed by atoms with van der Waals surface area (Å²) in [5.74, 6) is 3.01. The van der Waals surface area contributed by atoms with Crippen LogP contribution in [0.2, 0.25) is 0 Å². The van der Waals surface area contributed by atoms with Gasteiger partial charge in [-0.25, -0.2) is 0 Å². The highest BCUT2D eigenvalue weighted by atomic mass is 16.5. The topological polar surface area (TPSA) is 72.3 Å². The molecule has 1 N–H and O–H groups in total. The van der Waals surface area contributed by atoms with Crippen LogP contribution in [0.15, 0.2) is 18.2 Å². The Hall–Kier alpha value is -2.41. The predicted octanol–water partition coefficient (Wildman–Crippen LogP) is 1.93. The predicted molar refractivity (Wildman–Crippen MR) is 106 cm³/mol. The molecule has 0 radical (unpaired) electrons. The lowest BCUT2D eigenvalue weighted by Gasteiger charge is -2.20. The number of fused-ring (bicyclic) bond motifs is 2. The number of amides is 1. The van der Waals surface area contributed by atoms with Gasteiger partial charge in [0.25, 0.3) is 0 Å². The number of nitrogens with one attached hydrogen (secondary N) is 1. The van der Waals surface area contributed by atoms with Crippen molar-refractivity contribution in [3.8, 4) is 5.75 Å². The van der Waals surface area contributed by atoms with E-state index < -0.39 is 0 Å². The van der Waals surface area contributed by atoms with Crippen LogP contribution >= 0.6 is 0 Å². The summed E-state index contributed by atoms with van der Waals surface area (Å²) in [6, 6.07) is 6.55. The quantitative estimate of drug-likeness (QED) is 0.825. The molecule has 3 heterocycles. The number of benzene rings is 1. The molecule has 1 aromatic heterocycles. The first kappa shape index (κ1) is 18.9. The first-order valence-electron chi connectivity index (χ1n) is 10.3. The molecule has 0 fully saturated rings. The molecular formula is C21H29N5O2. The normalized spacial score (nSPS) is 17.4. The van der Waals surface area contributed by atoms with Crippen LogP contribution in [0, 0.1) is 5.92 Å². The Kier molecular flexibility index (Phi) is 5.62. The van der Waals surface area contributed by atoms with Gasteiger partial charge in [-0.15, -0.1) is 10.2 Å². The Labute approximate surface area is 166 Å². The van der Waals surface area contributed by atoms with Gasteiger partial charge < -0.3 is 14.6 Å². The van der Waals surface area contributed by atoms with Gasteiger partial charge in [-0.2, -0.15) is 0 Å². The van der Waals surface area contributed by atoms with Crippen molar-refractivity contribution in [2.75, 3.05) is 19.7 Å². The summed E-state index contributed by atoms with van der Waals surface area (Å²) in [4.78, 5) is 14.5. The summed E-state index contributed by atoms with van der Waals surface area (Å²) in [7, 11) is 0. The molecule has 0 saturated carbocycles. The molecular weight excluding hydrogens is 354 g/mol. The van der Waals surface area contributed by atoms with Crippen LogP contribution < -0.4 is 10.1 Å². The van der Waals surface area contributed by atoms with Gasteiger partial charge in [0.2, 0.25) is 5.91 Å². The Morgan fingerprint density at radius 2 is 2.14 bits per heavy atom. The zero-order chi connectivity index (χ0) is 19.5. The van der Waals surface area contributed by atoms with E-state index in [2.05, 4.69) is 43.2 Å². The van der Waals surface area contributed by atoms with Crippen LogP contribution in [-0.2, 0) is 37.3 Å². The maximum absolute atomic E-state index is 12.1. The molecule has 1 aromatic carbocycles. The molecule has 7 nitrogen and oxygen atoms in total. The monoisotopic (exact) mass is 383 g/mol.